The summed E-state index contributed by atoms with van der Waals surface area (Å²) < 4.78 is 5.80. The largest absolute Gasteiger partial charge is 0.487 e. The quantitative estimate of drug-likeness (QED) is 0.507. The Morgan fingerprint density at radius 2 is 1.73 bits per heavy atom. The van der Waals surface area contributed by atoms with E-state index in [-0.39, 0.29) is 17.9 Å². The second-order valence-corrected chi connectivity index (χ2v) is 9.04. The van der Waals surface area contributed by atoms with Crippen LogP contribution in [-0.4, -0.2) is 22.0 Å². The van der Waals surface area contributed by atoms with Gasteiger partial charge in [0.15, 0.2) is 0 Å². The summed E-state index contributed by atoms with van der Waals surface area (Å²) in [5.41, 5.74) is 1.97. The van der Waals surface area contributed by atoms with Crippen LogP contribution in [0.3, 0.4) is 0 Å². The fourth-order valence-corrected chi connectivity index (χ4v) is 4.44. The number of carbonyl (C=O) groups is 1. The highest BCUT2D eigenvalue weighted by Gasteiger charge is 2.36. The number of carbonyl (C=O) groups excluding carboxylic acids is 1. The predicted molar refractivity (Wildman–Crippen MR) is 129 cm³/mol. The van der Waals surface area contributed by atoms with Crippen molar-refractivity contribution < 1.29 is 14.6 Å². The molecule has 0 radical (unpaired) electrons. The first-order valence-electron chi connectivity index (χ1n) is 11.7. The number of rotatable bonds is 8. The van der Waals surface area contributed by atoms with E-state index in [1.165, 1.54) is 5.56 Å². The van der Waals surface area contributed by atoms with Crippen LogP contribution in [-0.2, 0) is 17.0 Å². The van der Waals surface area contributed by atoms with Crippen molar-refractivity contribution in [1.82, 2.24) is 10.3 Å². The molecular weight excluding hydrogens is 412 g/mol. The molecular formula is C28H32N2O3. The van der Waals surface area contributed by atoms with Crippen molar-refractivity contribution in [2.45, 2.75) is 63.2 Å². The first kappa shape index (κ1) is 23.0. The third-order valence-electron chi connectivity index (χ3n) is 6.50. The van der Waals surface area contributed by atoms with Gasteiger partial charge in [-0.05, 0) is 54.9 Å². The highest BCUT2D eigenvalue weighted by molar-refractivity contribution is 5.77. The van der Waals surface area contributed by atoms with Gasteiger partial charge in [-0.15, -0.1) is 0 Å². The van der Waals surface area contributed by atoms with Crippen molar-refractivity contribution in [3.8, 4) is 5.75 Å². The molecule has 0 aliphatic heterocycles. The molecule has 4 rings (SSSR count). The molecule has 0 spiro atoms. The van der Waals surface area contributed by atoms with Crippen LogP contribution in [0.5, 0.6) is 5.75 Å². The van der Waals surface area contributed by atoms with E-state index in [9.17, 15) is 9.90 Å². The number of hydrogen-bond acceptors (Lipinski definition) is 4. The van der Waals surface area contributed by atoms with Gasteiger partial charge in [-0.2, -0.15) is 0 Å². The highest BCUT2D eigenvalue weighted by atomic mass is 16.5. The summed E-state index contributed by atoms with van der Waals surface area (Å²) in [5, 5.41) is 14.3. The summed E-state index contributed by atoms with van der Waals surface area (Å²) in [6.07, 6.45) is 4.75. The van der Waals surface area contributed by atoms with Gasteiger partial charge in [0.25, 0.3) is 0 Å². The van der Waals surface area contributed by atoms with Crippen molar-refractivity contribution in [2.75, 3.05) is 0 Å². The molecule has 5 heteroatoms. The molecule has 1 unspecified atom stereocenters. The lowest BCUT2D eigenvalue weighted by atomic mass is 9.79. The maximum absolute atomic E-state index is 12.5. The molecule has 1 atom stereocenters. The summed E-state index contributed by atoms with van der Waals surface area (Å²) in [6, 6.07) is 23.9. The maximum Gasteiger partial charge on any atom is 0.220 e. The zero-order valence-corrected chi connectivity index (χ0v) is 19.1. The number of amides is 1. The summed E-state index contributed by atoms with van der Waals surface area (Å²) >= 11 is 0. The Kier molecular flexibility index (Phi) is 7.40. The molecule has 1 aliphatic carbocycles. The van der Waals surface area contributed by atoms with Crippen molar-refractivity contribution >= 4 is 5.91 Å². The van der Waals surface area contributed by atoms with Gasteiger partial charge < -0.3 is 15.2 Å². The molecule has 5 nitrogen and oxygen atoms in total. The smallest absolute Gasteiger partial charge is 0.220 e. The number of benzene rings is 2. The molecule has 1 fully saturated rings. The van der Waals surface area contributed by atoms with Gasteiger partial charge in [0.05, 0.1) is 11.9 Å². The monoisotopic (exact) mass is 444 g/mol. The molecule has 2 aromatic carbocycles. The second kappa shape index (κ2) is 10.6. The van der Waals surface area contributed by atoms with E-state index in [1.807, 2.05) is 60.7 Å². The van der Waals surface area contributed by atoms with Crippen LogP contribution in [0.4, 0.5) is 0 Å². The van der Waals surface area contributed by atoms with Crippen molar-refractivity contribution in [2.24, 2.45) is 0 Å². The molecule has 1 saturated carbocycles. The fourth-order valence-electron chi connectivity index (χ4n) is 4.44. The number of nitrogens with one attached hydrogen (secondary N) is 1. The SMILES string of the molecule is CC(CC(=O)NC1CCC(O)(c2ccc(OCc3ccccc3)cn2)CC1)c1ccccc1. The summed E-state index contributed by atoms with van der Waals surface area (Å²) in [6.45, 7) is 2.56. The van der Waals surface area contributed by atoms with Gasteiger partial charge in [0, 0.05) is 12.5 Å². The number of aromatic nitrogens is 1. The van der Waals surface area contributed by atoms with Crippen LogP contribution in [0, 0.1) is 0 Å². The number of nitrogens with zero attached hydrogens (tertiary/aromatic N) is 1. The Labute approximate surface area is 195 Å². The molecule has 172 valence electrons. The zero-order valence-electron chi connectivity index (χ0n) is 19.1. The zero-order chi connectivity index (χ0) is 23.1. The summed E-state index contributed by atoms with van der Waals surface area (Å²) in [5.74, 6) is 0.929. The molecule has 0 bridgehead atoms. The van der Waals surface area contributed by atoms with E-state index in [2.05, 4.69) is 29.4 Å². The van der Waals surface area contributed by atoms with Gasteiger partial charge in [0.2, 0.25) is 5.91 Å². The van der Waals surface area contributed by atoms with Crippen LogP contribution in [0.25, 0.3) is 0 Å². The number of pyridine rings is 1. The topological polar surface area (TPSA) is 71.5 Å². The maximum atomic E-state index is 12.5. The molecule has 3 aromatic rings. The Morgan fingerprint density at radius 1 is 1.06 bits per heavy atom. The average Bonchev–Trinajstić information content (AvgIpc) is 2.86. The summed E-state index contributed by atoms with van der Waals surface area (Å²) in [4.78, 5) is 17.0. The number of ether oxygens (including phenoxy) is 1. The van der Waals surface area contributed by atoms with Gasteiger partial charge in [-0.25, -0.2) is 0 Å². The Morgan fingerprint density at radius 3 is 2.36 bits per heavy atom. The first-order valence-corrected chi connectivity index (χ1v) is 11.7. The lowest BCUT2D eigenvalue weighted by Gasteiger charge is -2.36. The van der Waals surface area contributed by atoms with E-state index in [4.69, 9.17) is 4.74 Å². The van der Waals surface area contributed by atoms with Gasteiger partial charge in [-0.1, -0.05) is 67.6 Å². The third kappa shape index (κ3) is 6.20. The lowest BCUT2D eigenvalue weighted by molar-refractivity contribution is -0.123. The van der Waals surface area contributed by atoms with Crippen LogP contribution in [0.15, 0.2) is 79.0 Å². The molecule has 1 heterocycles. The van der Waals surface area contributed by atoms with Crippen molar-refractivity contribution in [1.29, 1.82) is 0 Å². The Bertz CT molecular complexity index is 1010. The molecule has 1 aromatic heterocycles. The minimum atomic E-state index is -0.962. The van der Waals surface area contributed by atoms with Gasteiger partial charge in [0.1, 0.15) is 18.0 Å². The minimum absolute atomic E-state index is 0.0693. The Hall–Kier alpha value is -3.18. The molecule has 33 heavy (non-hydrogen) atoms. The van der Waals surface area contributed by atoms with Crippen LogP contribution >= 0.6 is 0 Å². The highest BCUT2D eigenvalue weighted by Crippen LogP contribution is 2.36. The van der Waals surface area contributed by atoms with Crippen LogP contribution in [0.1, 0.15) is 61.8 Å². The Balaban J connectivity index is 1.25. The molecule has 0 saturated heterocycles. The van der Waals surface area contributed by atoms with E-state index in [1.54, 1.807) is 6.20 Å². The van der Waals surface area contributed by atoms with Crippen molar-refractivity contribution in [3.63, 3.8) is 0 Å². The third-order valence-corrected chi connectivity index (χ3v) is 6.50. The number of hydrogen-bond donors (Lipinski definition) is 2. The van der Waals surface area contributed by atoms with Crippen molar-refractivity contribution in [3.05, 3.63) is 95.8 Å². The second-order valence-electron chi connectivity index (χ2n) is 9.04. The summed E-state index contributed by atoms with van der Waals surface area (Å²) in [7, 11) is 0. The average molecular weight is 445 g/mol. The van der Waals surface area contributed by atoms with Crippen LogP contribution in [0.2, 0.25) is 0 Å². The first-order chi connectivity index (χ1) is 16.0. The molecule has 2 N–H and O–H groups in total. The lowest BCUT2D eigenvalue weighted by Crippen LogP contribution is -2.42. The van der Waals surface area contributed by atoms with E-state index >= 15 is 0 Å². The van der Waals surface area contributed by atoms with E-state index in [0.717, 1.165) is 18.4 Å². The normalized spacial score (nSPS) is 21.2. The minimum Gasteiger partial charge on any atom is -0.487 e. The number of aliphatic hydroxyl groups is 1. The van der Waals surface area contributed by atoms with Crippen LogP contribution < -0.4 is 10.1 Å². The standard InChI is InChI=1S/C28H32N2O3/c1-21(23-10-6-3-7-11-23)18-27(31)30-24-14-16-28(32,17-15-24)26-13-12-25(19-29-26)33-20-22-8-4-2-5-9-22/h2-13,19,21,24,32H,14-18,20H2,1H3,(H,30,31). The molecule has 1 aliphatic rings. The fraction of sp³-hybridized carbons (Fsp3) is 0.357. The van der Waals surface area contributed by atoms with E-state index in [0.29, 0.717) is 37.3 Å². The predicted octanol–water partition coefficient (Wildman–Crippen LogP) is 5.10. The molecule has 1 amide bonds. The van der Waals surface area contributed by atoms with E-state index < -0.39 is 5.60 Å². The van der Waals surface area contributed by atoms with Gasteiger partial charge >= 0.3 is 0 Å². The van der Waals surface area contributed by atoms with Gasteiger partial charge in [-0.3, -0.25) is 9.78 Å².